The highest BCUT2D eigenvalue weighted by Gasteiger charge is 1.96. The van der Waals surface area contributed by atoms with Crippen LogP contribution in [0, 0.1) is 7.11 Å². The molecule has 2 rings (SSSR count). The molecule has 1 heteroatoms. The standard InChI is InChI=1S/C13H10O/c1-14-13-9-7-12(8-10-13)11-5-3-2-4-6-11/h1-10H. The molecular weight excluding hydrogens is 172 g/mol. The summed E-state index contributed by atoms with van der Waals surface area (Å²) in [5.41, 5.74) is 2.35. The van der Waals surface area contributed by atoms with Crippen LogP contribution in [0.4, 0.5) is 0 Å². The Bertz CT molecular complexity index is 389. The number of benzene rings is 2. The Hall–Kier alpha value is -1.76. The summed E-state index contributed by atoms with van der Waals surface area (Å²) >= 11 is 0. The molecule has 0 saturated heterocycles. The van der Waals surface area contributed by atoms with Crippen molar-refractivity contribution < 1.29 is 4.74 Å². The van der Waals surface area contributed by atoms with E-state index in [1.54, 1.807) is 0 Å². The van der Waals surface area contributed by atoms with Gasteiger partial charge in [-0.05, 0) is 23.3 Å². The summed E-state index contributed by atoms with van der Waals surface area (Å²) in [7, 11) is 5.04. The van der Waals surface area contributed by atoms with E-state index >= 15 is 0 Å². The lowest BCUT2D eigenvalue weighted by Crippen LogP contribution is -1.80. The third-order valence-corrected chi connectivity index (χ3v) is 2.10. The maximum Gasteiger partial charge on any atom is 0.180 e. The molecule has 68 valence electrons. The first-order valence-electron chi connectivity index (χ1n) is 4.42. The quantitative estimate of drug-likeness (QED) is 0.691. The minimum Gasteiger partial charge on any atom is -0.482 e. The van der Waals surface area contributed by atoms with Crippen LogP contribution in [-0.2, 0) is 0 Å². The van der Waals surface area contributed by atoms with E-state index in [2.05, 4.69) is 16.9 Å². The Morgan fingerprint density at radius 1 is 0.714 bits per heavy atom. The second-order valence-electron chi connectivity index (χ2n) is 3.01. The highest BCUT2D eigenvalue weighted by Crippen LogP contribution is 2.21. The van der Waals surface area contributed by atoms with Crippen LogP contribution in [-0.4, -0.2) is 0 Å². The van der Waals surface area contributed by atoms with E-state index < -0.39 is 0 Å². The Morgan fingerprint density at radius 3 is 1.86 bits per heavy atom. The van der Waals surface area contributed by atoms with E-state index in [1.165, 1.54) is 5.56 Å². The molecule has 0 N–H and O–H groups in total. The van der Waals surface area contributed by atoms with E-state index in [4.69, 9.17) is 7.11 Å². The minimum atomic E-state index is 0.671. The van der Waals surface area contributed by atoms with Crippen molar-refractivity contribution in [2.75, 3.05) is 0 Å². The first kappa shape index (κ1) is 8.82. The molecule has 1 nitrogen and oxygen atoms in total. The zero-order valence-electron chi connectivity index (χ0n) is 7.68. The first-order chi connectivity index (χ1) is 6.90. The predicted octanol–water partition coefficient (Wildman–Crippen LogP) is 3.40. The molecule has 0 spiro atoms. The van der Waals surface area contributed by atoms with E-state index in [-0.39, 0.29) is 0 Å². The molecule has 0 aliphatic heterocycles. The van der Waals surface area contributed by atoms with Gasteiger partial charge in [-0.25, -0.2) is 0 Å². The molecular formula is C13H10O. The average Bonchev–Trinajstić information content (AvgIpc) is 2.30. The molecule has 0 aromatic heterocycles. The zero-order chi connectivity index (χ0) is 9.80. The largest absolute Gasteiger partial charge is 0.482 e. The van der Waals surface area contributed by atoms with Crippen LogP contribution in [0.25, 0.3) is 11.1 Å². The fraction of sp³-hybridized carbons (Fsp3) is 0. The molecule has 0 amide bonds. The summed E-state index contributed by atoms with van der Waals surface area (Å²) in [6, 6.07) is 17.8. The smallest absolute Gasteiger partial charge is 0.180 e. The van der Waals surface area contributed by atoms with Gasteiger partial charge in [0, 0.05) is 0 Å². The summed E-state index contributed by atoms with van der Waals surface area (Å²) in [4.78, 5) is 0. The lowest BCUT2D eigenvalue weighted by molar-refractivity contribution is 0.473. The Morgan fingerprint density at radius 2 is 1.29 bits per heavy atom. The second kappa shape index (κ2) is 3.97. The van der Waals surface area contributed by atoms with Gasteiger partial charge in [-0.3, -0.25) is 0 Å². The Kier molecular flexibility index (Phi) is 2.50. The second-order valence-corrected chi connectivity index (χ2v) is 3.01. The fourth-order valence-electron chi connectivity index (χ4n) is 1.36. The van der Waals surface area contributed by atoms with Crippen molar-refractivity contribution in [3.8, 4) is 16.9 Å². The van der Waals surface area contributed by atoms with E-state index in [0.717, 1.165) is 5.56 Å². The van der Waals surface area contributed by atoms with Crippen molar-refractivity contribution in [2.24, 2.45) is 0 Å². The normalized spacial score (nSPS) is 9.79. The van der Waals surface area contributed by atoms with E-state index in [9.17, 15) is 0 Å². The van der Waals surface area contributed by atoms with E-state index in [1.807, 2.05) is 42.5 Å². The van der Waals surface area contributed by atoms with Crippen molar-refractivity contribution in [3.63, 3.8) is 0 Å². The Labute approximate surface area is 84.0 Å². The van der Waals surface area contributed by atoms with Crippen molar-refractivity contribution in [3.05, 3.63) is 61.7 Å². The topological polar surface area (TPSA) is 9.23 Å². The van der Waals surface area contributed by atoms with Gasteiger partial charge >= 0.3 is 0 Å². The molecule has 2 aromatic carbocycles. The van der Waals surface area contributed by atoms with Crippen LogP contribution >= 0.6 is 0 Å². The highest BCUT2D eigenvalue weighted by atomic mass is 16.5. The molecule has 2 radical (unpaired) electrons. The van der Waals surface area contributed by atoms with Crippen molar-refractivity contribution in [2.45, 2.75) is 0 Å². The zero-order valence-corrected chi connectivity index (χ0v) is 7.68. The SMILES string of the molecule is [CH]Oc1ccc(-c2ccccc2)cc1. The molecule has 0 heterocycles. The van der Waals surface area contributed by atoms with Gasteiger partial charge < -0.3 is 4.74 Å². The lowest BCUT2D eigenvalue weighted by Gasteiger charge is -2.02. The number of rotatable bonds is 2. The fourth-order valence-corrected chi connectivity index (χ4v) is 1.36. The van der Waals surface area contributed by atoms with Crippen molar-refractivity contribution in [1.29, 1.82) is 0 Å². The third kappa shape index (κ3) is 1.77. The summed E-state index contributed by atoms with van der Waals surface area (Å²) in [5.74, 6) is 0.671. The van der Waals surface area contributed by atoms with Gasteiger partial charge in [-0.2, -0.15) is 0 Å². The third-order valence-electron chi connectivity index (χ3n) is 2.10. The molecule has 0 atom stereocenters. The molecule has 2 aromatic rings. The molecule has 0 aliphatic carbocycles. The molecule has 0 bridgehead atoms. The van der Waals surface area contributed by atoms with Crippen LogP contribution in [0.2, 0.25) is 0 Å². The maximum atomic E-state index is 5.04. The van der Waals surface area contributed by atoms with Gasteiger partial charge in [0.2, 0.25) is 0 Å². The van der Waals surface area contributed by atoms with Gasteiger partial charge in [0.25, 0.3) is 0 Å². The van der Waals surface area contributed by atoms with Crippen molar-refractivity contribution in [1.82, 2.24) is 0 Å². The number of hydrogen-bond acceptors (Lipinski definition) is 1. The summed E-state index contributed by atoms with van der Waals surface area (Å²) in [6.07, 6.45) is 0. The Balaban J connectivity index is 2.34. The van der Waals surface area contributed by atoms with Crippen LogP contribution in [0.5, 0.6) is 5.75 Å². The number of hydrogen-bond donors (Lipinski definition) is 0. The number of ether oxygens (including phenoxy) is 1. The average molecular weight is 182 g/mol. The summed E-state index contributed by atoms with van der Waals surface area (Å²) in [6.45, 7) is 0. The van der Waals surface area contributed by atoms with Crippen LogP contribution in [0.15, 0.2) is 54.6 Å². The van der Waals surface area contributed by atoms with Crippen molar-refractivity contribution >= 4 is 0 Å². The van der Waals surface area contributed by atoms with Crippen LogP contribution in [0.1, 0.15) is 0 Å². The van der Waals surface area contributed by atoms with Gasteiger partial charge in [0.05, 0.1) is 0 Å². The summed E-state index contributed by atoms with van der Waals surface area (Å²) < 4.78 is 4.61. The molecule has 0 fully saturated rings. The summed E-state index contributed by atoms with van der Waals surface area (Å²) in [5, 5.41) is 0. The first-order valence-corrected chi connectivity index (χ1v) is 4.42. The maximum absolute atomic E-state index is 5.04. The van der Waals surface area contributed by atoms with Crippen LogP contribution in [0.3, 0.4) is 0 Å². The molecule has 0 aliphatic rings. The van der Waals surface area contributed by atoms with Gasteiger partial charge in [0.15, 0.2) is 7.11 Å². The van der Waals surface area contributed by atoms with E-state index in [0.29, 0.717) is 5.75 Å². The molecule has 14 heavy (non-hydrogen) atoms. The van der Waals surface area contributed by atoms with Gasteiger partial charge in [0.1, 0.15) is 5.75 Å². The minimum absolute atomic E-state index is 0.671. The van der Waals surface area contributed by atoms with Gasteiger partial charge in [-0.1, -0.05) is 42.5 Å². The monoisotopic (exact) mass is 182 g/mol. The lowest BCUT2D eigenvalue weighted by atomic mass is 10.1. The molecule has 0 unspecified atom stereocenters. The molecule has 0 saturated carbocycles. The van der Waals surface area contributed by atoms with Gasteiger partial charge in [-0.15, -0.1) is 0 Å². The highest BCUT2D eigenvalue weighted by molar-refractivity contribution is 5.63. The predicted molar refractivity (Wildman–Crippen MR) is 56.8 cm³/mol. The van der Waals surface area contributed by atoms with Crippen LogP contribution < -0.4 is 4.74 Å².